The number of amides is 1. The number of Topliss-reactive ketones (excluding diaryl/α,β-unsaturated/α-hetero) is 1. The van der Waals surface area contributed by atoms with Crippen molar-refractivity contribution in [1.29, 1.82) is 0 Å². The Morgan fingerprint density at radius 3 is 2.17 bits per heavy atom. The zero-order valence-corrected chi connectivity index (χ0v) is 23.3. The Balaban J connectivity index is 1.26. The van der Waals surface area contributed by atoms with Crippen molar-refractivity contribution < 1.29 is 19.2 Å². The molecule has 0 atom stereocenters. The molecule has 1 aromatic heterocycles. The number of hydrogen-bond donors (Lipinski definition) is 1. The molecule has 1 fully saturated rings. The second-order valence-corrected chi connectivity index (χ2v) is 10.7. The molecule has 0 radical (unpaired) electrons. The van der Waals surface area contributed by atoms with Crippen LogP contribution >= 0.6 is 0 Å². The summed E-state index contributed by atoms with van der Waals surface area (Å²) in [6, 6.07) is 22.9. The van der Waals surface area contributed by atoms with Crippen LogP contribution in [0.5, 0.6) is 0 Å². The Kier molecular flexibility index (Phi) is 7.46. The van der Waals surface area contributed by atoms with Crippen molar-refractivity contribution in [3.05, 3.63) is 124 Å². The quantitative estimate of drug-likeness (QED) is 0.317. The van der Waals surface area contributed by atoms with E-state index in [2.05, 4.69) is 20.1 Å². The summed E-state index contributed by atoms with van der Waals surface area (Å²) < 4.78 is 0. The lowest BCUT2D eigenvalue weighted by atomic mass is 9.81. The summed E-state index contributed by atoms with van der Waals surface area (Å²) in [4.78, 5) is 62.5. The van der Waals surface area contributed by atoms with Crippen molar-refractivity contribution in [2.24, 2.45) is 0 Å². The van der Waals surface area contributed by atoms with Gasteiger partial charge in [0.05, 0.1) is 17.8 Å². The Bertz CT molecular complexity index is 1690. The number of aromatic nitrogens is 1. The summed E-state index contributed by atoms with van der Waals surface area (Å²) in [7, 11) is 0. The first-order chi connectivity index (χ1) is 20.4. The van der Waals surface area contributed by atoms with E-state index in [4.69, 9.17) is 0 Å². The van der Waals surface area contributed by atoms with Gasteiger partial charge in [-0.2, -0.15) is 0 Å². The third kappa shape index (κ3) is 5.36. The van der Waals surface area contributed by atoms with E-state index < -0.39 is 5.91 Å². The molecule has 1 saturated heterocycles. The van der Waals surface area contributed by atoms with E-state index >= 15 is 0 Å². The van der Waals surface area contributed by atoms with Gasteiger partial charge >= 0.3 is 0 Å². The summed E-state index contributed by atoms with van der Waals surface area (Å²) in [6.07, 6.45) is 1.79. The highest BCUT2D eigenvalue weighted by atomic mass is 16.2. The highest BCUT2D eigenvalue weighted by Crippen LogP contribution is 2.35. The highest BCUT2D eigenvalue weighted by molar-refractivity contribution is 6.31. The van der Waals surface area contributed by atoms with Gasteiger partial charge in [-0.05, 0) is 42.8 Å². The van der Waals surface area contributed by atoms with E-state index in [1.54, 1.807) is 54.7 Å². The minimum Gasteiger partial charge on any atom is -0.354 e. The van der Waals surface area contributed by atoms with Crippen LogP contribution in [0.2, 0.25) is 0 Å². The molecule has 1 aliphatic carbocycles. The predicted octanol–water partition coefficient (Wildman–Crippen LogP) is 4.35. The third-order valence-electron chi connectivity index (χ3n) is 7.87. The summed E-state index contributed by atoms with van der Waals surface area (Å²) in [5, 5.41) is 2.90. The van der Waals surface area contributed by atoms with Crippen molar-refractivity contribution in [1.82, 2.24) is 9.88 Å². The van der Waals surface area contributed by atoms with Crippen molar-refractivity contribution in [2.75, 3.05) is 42.9 Å². The van der Waals surface area contributed by atoms with Gasteiger partial charge < -0.3 is 10.2 Å². The van der Waals surface area contributed by atoms with Crippen LogP contribution < -0.4 is 10.2 Å². The monoisotopic (exact) mass is 558 g/mol. The van der Waals surface area contributed by atoms with Crippen LogP contribution in [0.15, 0.2) is 85.1 Å². The van der Waals surface area contributed by atoms with Gasteiger partial charge in [-0.3, -0.25) is 24.1 Å². The van der Waals surface area contributed by atoms with Gasteiger partial charge in [-0.1, -0.05) is 54.1 Å². The number of ketones is 3. The van der Waals surface area contributed by atoms with Gasteiger partial charge in [-0.15, -0.1) is 0 Å². The molecule has 210 valence electrons. The molecule has 8 nitrogen and oxygen atoms in total. The lowest BCUT2D eigenvalue weighted by Crippen LogP contribution is -2.48. The number of anilines is 2. The summed E-state index contributed by atoms with van der Waals surface area (Å²) in [5.74, 6) is -0.162. The maximum atomic E-state index is 13.7. The van der Waals surface area contributed by atoms with E-state index in [9.17, 15) is 19.2 Å². The summed E-state index contributed by atoms with van der Waals surface area (Å²) >= 11 is 0. The van der Waals surface area contributed by atoms with Crippen LogP contribution in [0.1, 0.15) is 53.3 Å². The SMILES string of the molecule is Cc1ccc(C(=O)Nc2c(CC(=O)CN3CCN(c4ccccn4)CC3)ccc3c2C(=O)c2ccccc2C3=O)cc1. The number of piperazine rings is 1. The Labute approximate surface area is 244 Å². The molecule has 0 bridgehead atoms. The number of nitrogens with zero attached hydrogens (tertiary/aromatic N) is 3. The molecule has 8 heteroatoms. The number of fused-ring (bicyclic) bond motifs is 2. The van der Waals surface area contributed by atoms with Crippen molar-refractivity contribution in [2.45, 2.75) is 13.3 Å². The smallest absolute Gasteiger partial charge is 0.255 e. The molecule has 3 aromatic carbocycles. The average Bonchev–Trinajstić information content (AvgIpc) is 3.01. The number of benzene rings is 3. The van der Waals surface area contributed by atoms with E-state index in [0.717, 1.165) is 24.5 Å². The molecule has 42 heavy (non-hydrogen) atoms. The first-order valence-corrected chi connectivity index (χ1v) is 14.0. The number of aryl methyl sites for hydroxylation is 1. The second kappa shape index (κ2) is 11.5. The first-order valence-electron chi connectivity index (χ1n) is 14.0. The fourth-order valence-corrected chi connectivity index (χ4v) is 5.60. The third-order valence-corrected chi connectivity index (χ3v) is 7.87. The van der Waals surface area contributed by atoms with Crippen LogP contribution in [0.3, 0.4) is 0 Å². The molecule has 1 aliphatic heterocycles. The summed E-state index contributed by atoms with van der Waals surface area (Å²) in [5.41, 5.74) is 3.12. The van der Waals surface area contributed by atoms with E-state index in [1.165, 1.54) is 0 Å². The van der Waals surface area contributed by atoms with Gasteiger partial charge in [0.1, 0.15) is 5.82 Å². The minimum atomic E-state index is -0.415. The second-order valence-electron chi connectivity index (χ2n) is 10.7. The molecule has 0 spiro atoms. The topological polar surface area (TPSA) is 99.7 Å². The van der Waals surface area contributed by atoms with Crippen LogP contribution in [-0.2, 0) is 11.2 Å². The number of carbonyl (C=O) groups is 4. The van der Waals surface area contributed by atoms with Crippen LogP contribution in [0.25, 0.3) is 0 Å². The van der Waals surface area contributed by atoms with Crippen molar-refractivity contribution in [3.8, 4) is 0 Å². The molecular weight excluding hydrogens is 528 g/mol. The number of hydrogen-bond acceptors (Lipinski definition) is 7. The van der Waals surface area contributed by atoms with Crippen LogP contribution in [0.4, 0.5) is 11.5 Å². The van der Waals surface area contributed by atoms with Crippen LogP contribution in [0, 0.1) is 6.92 Å². The number of rotatable bonds is 7. The maximum absolute atomic E-state index is 13.7. The van der Waals surface area contributed by atoms with E-state index in [0.29, 0.717) is 29.8 Å². The largest absolute Gasteiger partial charge is 0.354 e. The molecule has 6 rings (SSSR count). The summed E-state index contributed by atoms with van der Waals surface area (Å²) in [6.45, 7) is 5.13. The normalized spacial score (nSPS) is 14.7. The molecule has 2 heterocycles. The van der Waals surface area contributed by atoms with Crippen molar-refractivity contribution in [3.63, 3.8) is 0 Å². The standard InChI is InChI=1S/C34H30N4O4/c1-22-9-11-23(12-10-22)34(42)36-31-24(13-14-28-30(31)33(41)27-7-3-2-6-26(27)32(28)40)20-25(39)21-37-16-18-38(19-17-37)29-8-4-5-15-35-29/h2-15H,16-21H2,1H3,(H,36,42). The predicted molar refractivity (Wildman–Crippen MR) is 160 cm³/mol. The average molecular weight is 559 g/mol. The molecule has 0 unspecified atom stereocenters. The highest BCUT2D eigenvalue weighted by Gasteiger charge is 2.33. The van der Waals surface area contributed by atoms with Gasteiger partial charge in [0.25, 0.3) is 5.91 Å². The molecule has 1 N–H and O–H groups in total. The van der Waals surface area contributed by atoms with Crippen LogP contribution in [-0.4, -0.2) is 65.9 Å². The van der Waals surface area contributed by atoms with E-state index in [1.807, 2.05) is 37.3 Å². The van der Waals surface area contributed by atoms with Crippen molar-refractivity contribution >= 4 is 34.8 Å². The van der Waals surface area contributed by atoms with Gasteiger partial charge in [0.2, 0.25) is 0 Å². The number of nitrogens with one attached hydrogen (secondary N) is 1. The maximum Gasteiger partial charge on any atom is 0.255 e. The first kappa shape index (κ1) is 27.2. The zero-order chi connectivity index (χ0) is 29.2. The number of carbonyl (C=O) groups excluding carboxylic acids is 4. The fourth-order valence-electron chi connectivity index (χ4n) is 5.60. The minimum absolute atomic E-state index is 0.0142. The molecular formula is C34H30N4O4. The fraction of sp³-hybridized carbons (Fsp3) is 0.206. The molecule has 0 saturated carbocycles. The molecule has 1 amide bonds. The Hall–Kier alpha value is -4.95. The van der Waals surface area contributed by atoms with Gasteiger partial charge in [0.15, 0.2) is 17.3 Å². The molecule has 2 aliphatic rings. The molecule has 4 aromatic rings. The number of pyridine rings is 1. The Morgan fingerprint density at radius 1 is 0.786 bits per heavy atom. The van der Waals surface area contributed by atoms with Gasteiger partial charge in [-0.25, -0.2) is 4.98 Å². The zero-order valence-electron chi connectivity index (χ0n) is 23.3. The van der Waals surface area contributed by atoms with E-state index in [-0.39, 0.29) is 52.7 Å². The lowest BCUT2D eigenvalue weighted by Gasteiger charge is -2.35. The lowest BCUT2D eigenvalue weighted by molar-refractivity contribution is -0.119. The van der Waals surface area contributed by atoms with Gasteiger partial charge in [0, 0.05) is 61.1 Å². The Morgan fingerprint density at radius 2 is 1.48 bits per heavy atom.